The van der Waals surface area contributed by atoms with E-state index in [4.69, 9.17) is 4.98 Å². The van der Waals surface area contributed by atoms with Crippen LogP contribution in [0.4, 0.5) is 5.82 Å². The highest BCUT2D eigenvalue weighted by atomic mass is 16.1. The first-order valence-corrected chi connectivity index (χ1v) is 10.9. The van der Waals surface area contributed by atoms with E-state index in [2.05, 4.69) is 59.4 Å². The first-order chi connectivity index (χ1) is 15.1. The van der Waals surface area contributed by atoms with Crippen LogP contribution >= 0.6 is 0 Å². The molecule has 0 aliphatic carbocycles. The molecule has 3 aromatic rings. The number of likely N-dealkylation sites (N-methyl/N-ethyl adjacent to an activating group) is 1. The molecular formula is C26H30N4O. The number of nitrogens with one attached hydrogen (secondary N) is 1. The van der Waals surface area contributed by atoms with Gasteiger partial charge in [-0.25, -0.2) is 4.98 Å². The summed E-state index contributed by atoms with van der Waals surface area (Å²) in [5, 5.41) is 3.00. The molecule has 0 spiro atoms. The molecular weight excluding hydrogens is 384 g/mol. The maximum Gasteiger partial charge on any atom is 0.229 e. The first-order valence-electron chi connectivity index (χ1n) is 10.9. The Balaban J connectivity index is 1.60. The number of nitrogens with zero attached hydrogens (tertiary/aromatic N) is 3. The molecule has 1 unspecified atom stereocenters. The van der Waals surface area contributed by atoms with Gasteiger partial charge in [0.25, 0.3) is 0 Å². The summed E-state index contributed by atoms with van der Waals surface area (Å²) in [7, 11) is 2.17. The fraction of sp³-hybridized carbons (Fsp3) is 0.308. The molecule has 160 valence electrons. The summed E-state index contributed by atoms with van der Waals surface area (Å²) in [5.41, 5.74) is 4.37. The molecule has 1 N–H and O–H groups in total. The summed E-state index contributed by atoms with van der Waals surface area (Å²) in [4.78, 5) is 22.4. The van der Waals surface area contributed by atoms with Crippen LogP contribution in [-0.4, -0.2) is 53.9 Å². The lowest BCUT2D eigenvalue weighted by atomic mass is 9.97. The molecule has 0 radical (unpaired) electrons. The van der Waals surface area contributed by atoms with Crippen LogP contribution in [0.1, 0.15) is 28.4 Å². The number of hydrogen-bond acceptors (Lipinski definition) is 4. The van der Waals surface area contributed by atoms with Crippen LogP contribution in [0, 0.1) is 6.92 Å². The molecule has 0 bridgehead atoms. The van der Waals surface area contributed by atoms with Crippen LogP contribution in [0.15, 0.2) is 72.8 Å². The normalized spacial score (nSPS) is 16.1. The Kier molecular flexibility index (Phi) is 6.75. The van der Waals surface area contributed by atoms with Gasteiger partial charge in [0, 0.05) is 26.2 Å². The molecule has 1 aliphatic heterocycles. The van der Waals surface area contributed by atoms with Crippen LogP contribution in [0.5, 0.6) is 0 Å². The smallest absolute Gasteiger partial charge is 0.229 e. The van der Waals surface area contributed by atoms with E-state index in [0.717, 1.165) is 43.0 Å². The molecule has 1 atom stereocenters. The van der Waals surface area contributed by atoms with Crippen LogP contribution in [0.25, 0.3) is 0 Å². The number of aromatic nitrogens is 1. The van der Waals surface area contributed by atoms with Gasteiger partial charge < -0.3 is 10.2 Å². The van der Waals surface area contributed by atoms with Gasteiger partial charge in [0.05, 0.1) is 18.2 Å². The van der Waals surface area contributed by atoms with Gasteiger partial charge in [-0.2, -0.15) is 0 Å². The summed E-state index contributed by atoms with van der Waals surface area (Å²) < 4.78 is 0. The van der Waals surface area contributed by atoms with Crippen molar-refractivity contribution in [2.75, 3.05) is 38.5 Å². The van der Waals surface area contributed by atoms with Crippen molar-refractivity contribution < 1.29 is 4.79 Å². The predicted octanol–water partition coefficient (Wildman–Crippen LogP) is 3.91. The van der Waals surface area contributed by atoms with Crippen molar-refractivity contribution >= 4 is 11.7 Å². The number of hydrogen-bond donors (Lipinski definition) is 1. The van der Waals surface area contributed by atoms with E-state index in [0.29, 0.717) is 12.2 Å². The zero-order valence-electron chi connectivity index (χ0n) is 18.3. The fourth-order valence-corrected chi connectivity index (χ4v) is 4.12. The average Bonchev–Trinajstić information content (AvgIpc) is 2.79. The van der Waals surface area contributed by atoms with Crippen molar-refractivity contribution in [2.24, 2.45) is 0 Å². The van der Waals surface area contributed by atoms with Gasteiger partial charge in [0.15, 0.2) is 0 Å². The second kappa shape index (κ2) is 9.86. The third-order valence-electron chi connectivity index (χ3n) is 5.89. The summed E-state index contributed by atoms with van der Waals surface area (Å²) in [6, 6.07) is 24.4. The molecule has 1 fully saturated rings. The van der Waals surface area contributed by atoms with E-state index in [9.17, 15) is 4.79 Å². The SMILES string of the molecule is Cc1ccc(NC(=O)Cc2ccccc2)nc1C(c1ccccc1)N1CCN(C)CC1. The largest absolute Gasteiger partial charge is 0.310 e. The van der Waals surface area contributed by atoms with E-state index in [1.165, 1.54) is 5.56 Å². The number of rotatable bonds is 6. The maximum absolute atomic E-state index is 12.6. The quantitative estimate of drug-likeness (QED) is 0.664. The number of amides is 1. The van der Waals surface area contributed by atoms with Gasteiger partial charge in [0.1, 0.15) is 5.82 Å². The summed E-state index contributed by atoms with van der Waals surface area (Å²) in [6.45, 7) is 6.15. The van der Waals surface area contributed by atoms with Crippen molar-refractivity contribution in [2.45, 2.75) is 19.4 Å². The van der Waals surface area contributed by atoms with Gasteiger partial charge in [-0.05, 0) is 36.7 Å². The lowest BCUT2D eigenvalue weighted by molar-refractivity contribution is -0.115. The minimum atomic E-state index is -0.0515. The third kappa shape index (κ3) is 5.37. The molecule has 2 aromatic carbocycles. The minimum absolute atomic E-state index is 0.0515. The highest BCUT2D eigenvalue weighted by molar-refractivity contribution is 5.91. The maximum atomic E-state index is 12.6. The molecule has 1 aliphatic rings. The molecule has 5 nitrogen and oxygen atoms in total. The van der Waals surface area contributed by atoms with Crippen LogP contribution < -0.4 is 5.32 Å². The number of piperazine rings is 1. The summed E-state index contributed by atoms with van der Waals surface area (Å²) >= 11 is 0. The zero-order chi connectivity index (χ0) is 21.6. The molecule has 31 heavy (non-hydrogen) atoms. The third-order valence-corrected chi connectivity index (χ3v) is 5.89. The standard InChI is InChI=1S/C26H30N4O/c1-20-13-14-23(27-24(31)19-21-9-5-3-6-10-21)28-25(20)26(22-11-7-4-8-12-22)30-17-15-29(2)16-18-30/h3-14,26H,15-19H2,1-2H3,(H,27,28,31). The molecule has 1 saturated heterocycles. The van der Waals surface area contributed by atoms with Crippen molar-refractivity contribution in [3.63, 3.8) is 0 Å². The lowest BCUT2D eigenvalue weighted by Gasteiger charge is -2.38. The fourth-order valence-electron chi connectivity index (χ4n) is 4.12. The Morgan fingerprint density at radius 1 is 0.935 bits per heavy atom. The Morgan fingerprint density at radius 3 is 2.26 bits per heavy atom. The van der Waals surface area contributed by atoms with Gasteiger partial charge in [-0.1, -0.05) is 66.7 Å². The number of pyridine rings is 1. The van der Waals surface area contributed by atoms with Gasteiger partial charge in [0.2, 0.25) is 5.91 Å². The number of aryl methyl sites for hydroxylation is 1. The van der Waals surface area contributed by atoms with Crippen LogP contribution in [0.2, 0.25) is 0 Å². The van der Waals surface area contributed by atoms with E-state index >= 15 is 0 Å². The number of benzene rings is 2. The number of anilines is 1. The molecule has 2 heterocycles. The molecule has 1 amide bonds. The molecule has 4 rings (SSSR count). The topological polar surface area (TPSA) is 48.5 Å². The Morgan fingerprint density at radius 2 is 1.58 bits per heavy atom. The Labute approximate surface area is 184 Å². The van der Waals surface area contributed by atoms with E-state index in [1.807, 2.05) is 42.5 Å². The minimum Gasteiger partial charge on any atom is -0.310 e. The second-order valence-corrected chi connectivity index (χ2v) is 8.26. The molecule has 5 heteroatoms. The second-order valence-electron chi connectivity index (χ2n) is 8.26. The van der Waals surface area contributed by atoms with E-state index in [1.54, 1.807) is 0 Å². The van der Waals surface area contributed by atoms with E-state index < -0.39 is 0 Å². The highest BCUT2D eigenvalue weighted by Crippen LogP contribution is 2.31. The summed E-state index contributed by atoms with van der Waals surface area (Å²) in [5.74, 6) is 0.556. The molecule has 0 saturated carbocycles. The van der Waals surface area contributed by atoms with Gasteiger partial charge in [-0.3, -0.25) is 9.69 Å². The van der Waals surface area contributed by atoms with Gasteiger partial charge in [-0.15, -0.1) is 0 Å². The Bertz CT molecular complexity index is 998. The van der Waals surface area contributed by atoms with Crippen molar-refractivity contribution in [1.29, 1.82) is 0 Å². The molecule has 1 aromatic heterocycles. The van der Waals surface area contributed by atoms with Crippen LogP contribution in [-0.2, 0) is 11.2 Å². The van der Waals surface area contributed by atoms with E-state index in [-0.39, 0.29) is 11.9 Å². The van der Waals surface area contributed by atoms with Crippen molar-refractivity contribution in [1.82, 2.24) is 14.8 Å². The highest BCUT2D eigenvalue weighted by Gasteiger charge is 2.28. The van der Waals surface area contributed by atoms with Gasteiger partial charge >= 0.3 is 0 Å². The van der Waals surface area contributed by atoms with Crippen LogP contribution in [0.3, 0.4) is 0 Å². The zero-order valence-corrected chi connectivity index (χ0v) is 18.3. The Hall–Kier alpha value is -3.02. The average molecular weight is 415 g/mol. The summed E-state index contributed by atoms with van der Waals surface area (Å²) in [6.07, 6.45) is 0.340. The predicted molar refractivity (Wildman–Crippen MR) is 125 cm³/mol. The lowest BCUT2D eigenvalue weighted by Crippen LogP contribution is -2.46. The number of carbonyl (C=O) groups is 1. The van der Waals surface area contributed by atoms with Crippen molar-refractivity contribution in [3.8, 4) is 0 Å². The monoisotopic (exact) mass is 414 g/mol. The van der Waals surface area contributed by atoms with Crippen molar-refractivity contribution in [3.05, 3.63) is 95.2 Å². The first kappa shape index (κ1) is 21.2. The number of carbonyl (C=O) groups excluding carboxylic acids is 1.